The van der Waals surface area contributed by atoms with Gasteiger partial charge in [-0.25, -0.2) is 4.98 Å². The van der Waals surface area contributed by atoms with Gasteiger partial charge in [0.15, 0.2) is 0 Å². The molecule has 1 aromatic rings. The lowest BCUT2D eigenvalue weighted by Crippen LogP contribution is -2.39. The highest BCUT2D eigenvalue weighted by Crippen LogP contribution is 2.40. The van der Waals surface area contributed by atoms with E-state index in [1.54, 1.807) is 6.07 Å². The molecule has 1 saturated carbocycles. The number of hydrogen-bond acceptors (Lipinski definition) is 3. The van der Waals surface area contributed by atoms with Crippen LogP contribution < -0.4 is 10.2 Å². The zero-order chi connectivity index (χ0) is 15.9. The number of nitrogens with one attached hydrogen (secondary N) is 1. The van der Waals surface area contributed by atoms with Crippen molar-refractivity contribution in [3.8, 4) is 0 Å². The maximum absolute atomic E-state index is 12.8. The molecule has 3 unspecified atom stereocenters. The normalized spacial score (nSPS) is 28.5. The van der Waals surface area contributed by atoms with Gasteiger partial charge in [0.2, 0.25) is 0 Å². The van der Waals surface area contributed by atoms with Crippen LogP contribution in [0.15, 0.2) is 18.2 Å². The van der Waals surface area contributed by atoms with E-state index in [1.165, 1.54) is 6.07 Å². The van der Waals surface area contributed by atoms with Gasteiger partial charge in [-0.05, 0) is 36.8 Å². The monoisotopic (exact) mass is 313 g/mol. The molecule has 1 aliphatic carbocycles. The second kappa shape index (κ2) is 5.72. The molecule has 1 N–H and O–H groups in total. The summed E-state index contributed by atoms with van der Waals surface area (Å²) in [7, 11) is 0. The summed E-state index contributed by atoms with van der Waals surface area (Å²) >= 11 is 0. The minimum absolute atomic E-state index is 0.435. The highest BCUT2D eigenvalue weighted by atomic mass is 19.4. The second-order valence-corrected chi connectivity index (χ2v) is 6.71. The van der Waals surface area contributed by atoms with E-state index in [0.717, 1.165) is 32.0 Å². The lowest BCUT2D eigenvalue weighted by molar-refractivity contribution is -0.141. The average molecular weight is 313 g/mol. The maximum Gasteiger partial charge on any atom is 0.433 e. The summed E-state index contributed by atoms with van der Waals surface area (Å²) in [5.74, 6) is 1.53. The first-order valence-electron chi connectivity index (χ1n) is 7.90. The molecule has 2 heterocycles. The van der Waals surface area contributed by atoms with Crippen LogP contribution in [0.25, 0.3) is 0 Å². The Morgan fingerprint density at radius 3 is 2.68 bits per heavy atom. The lowest BCUT2D eigenvalue weighted by Gasteiger charge is -2.24. The fraction of sp³-hybridized carbons (Fsp3) is 0.688. The number of rotatable bonds is 3. The van der Waals surface area contributed by atoms with Crippen LogP contribution in [0.3, 0.4) is 0 Å². The lowest BCUT2D eigenvalue weighted by atomic mass is 9.97. The molecule has 3 atom stereocenters. The van der Waals surface area contributed by atoms with Crippen LogP contribution in [0, 0.1) is 11.8 Å². The van der Waals surface area contributed by atoms with Crippen molar-refractivity contribution in [2.45, 2.75) is 44.9 Å². The highest BCUT2D eigenvalue weighted by molar-refractivity contribution is 5.42. The van der Waals surface area contributed by atoms with Crippen LogP contribution in [-0.4, -0.2) is 30.2 Å². The van der Waals surface area contributed by atoms with Crippen molar-refractivity contribution in [3.05, 3.63) is 23.9 Å². The van der Waals surface area contributed by atoms with Gasteiger partial charge < -0.3 is 10.2 Å². The molecule has 0 radical (unpaired) electrons. The van der Waals surface area contributed by atoms with Gasteiger partial charge in [-0.2, -0.15) is 13.2 Å². The molecule has 0 spiro atoms. The summed E-state index contributed by atoms with van der Waals surface area (Å²) in [5.41, 5.74) is -0.807. The molecule has 22 heavy (non-hydrogen) atoms. The Labute approximate surface area is 128 Å². The number of fused-ring (bicyclic) bond motifs is 1. The molecular formula is C16H22F3N3. The van der Waals surface area contributed by atoms with Crippen LogP contribution in [0.1, 0.15) is 32.4 Å². The van der Waals surface area contributed by atoms with Crippen molar-refractivity contribution in [1.82, 2.24) is 10.3 Å². The number of anilines is 1. The summed E-state index contributed by atoms with van der Waals surface area (Å²) < 4.78 is 38.4. The molecule has 1 aliphatic heterocycles. The second-order valence-electron chi connectivity index (χ2n) is 6.71. The van der Waals surface area contributed by atoms with Crippen LogP contribution in [0.5, 0.6) is 0 Å². The number of hydrogen-bond donors (Lipinski definition) is 1. The summed E-state index contributed by atoms with van der Waals surface area (Å²) in [6.07, 6.45) is -2.07. The van der Waals surface area contributed by atoms with E-state index in [2.05, 4.69) is 24.1 Å². The van der Waals surface area contributed by atoms with Gasteiger partial charge in [-0.3, -0.25) is 0 Å². The first-order valence-corrected chi connectivity index (χ1v) is 7.90. The van der Waals surface area contributed by atoms with Crippen molar-refractivity contribution in [1.29, 1.82) is 0 Å². The van der Waals surface area contributed by atoms with Crippen molar-refractivity contribution >= 4 is 5.82 Å². The Morgan fingerprint density at radius 2 is 2.00 bits per heavy atom. The number of aromatic nitrogens is 1. The molecule has 0 amide bonds. The van der Waals surface area contributed by atoms with Crippen LogP contribution in [0.4, 0.5) is 19.0 Å². The third kappa shape index (κ3) is 3.07. The Hall–Kier alpha value is -1.30. The number of pyridine rings is 1. The molecule has 3 rings (SSSR count). The predicted molar refractivity (Wildman–Crippen MR) is 79.7 cm³/mol. The molecule has 1 saturated heterocycles. The molecule has 1 aromatic heterocycles. The molecular weight excluding hydrogens is 291 g/mol. The smallest absolute Gasteiger partial charge is 0.356 e. The van der Waals surface area contributed by atoms with Gasteiger partial charge in [0.05, 0.1) is 0 Å². The SMILES string of the molecule is CC(C)NC1CCC2CN(c3cccc(C(F)(F)F)n3)CC21. The summed E-state index contributed by atoms with van der Waals surface area (Å²) in [5, 5.41) is 3.59. The predicted octanol–water partition coefficient (Wildman–Crippen LogP) is 3.31. The molecule has 2 fully saturated rings. The molecule has 122 valence electrons. The first-order chi connectivity index (χ1) is 10.3. The minimum Gasteiger partial charge on any atom is -0.356 e. The van der Waals surface area contributed by atoms with E-state index in [0.29, 0.717) is 29.7 Å². The molecule has 3 nitrogen and oxygen atoms in total. The first kappa shape index (κ1) is 15.6. The largest absolute Gasteiger partial charge is 0.433 e. The van der Waals surface area contributed by atoms with E-state index < -0.39 is 11.9 Å². The standard InChI is InChI=1S/C16H22F3N3/c1-10(2)20-13-7-6-11-8-22(9-12(11)13)15-5-3-4-14(21-15)16(17,18)19/h3-5,10-13,20H,6-9H2,1-2H3. The van der Waals surface area contributed by atoms with Crippen molar-refractivity contribution in [2.24, 2.45) is 11.8 Å². The Kier molecular flexibility index (Phi) is 4.05. The number of nitrogens with zero attached hydrogens (tertiary/aromatic N) is 2. The zero-order valence-corrected chi connectivity index (χ0v) is 12.9. The van der Waals surface area contributed by atoms with Crippen molar-refractivity contribution in [3.63, 3.8) is 0 Å². The molecule has 6 heteroatoms. The molecule has 0 bridgehead atoms. The van der Waals surface area contributed by atoms with Gasteiger partial charge in [0.25, 0.3) is 0 Å². The summed E-state index contributed by atoms with van der Waals surface area (Å²) in [4.78, 5) is 5.83. The summed E-state index contributed by atoms with van der Waals surface area (Å²) in [6.45, 7) is 5.88. The van der Waals surface area contributed by atoms with E-state index >= 15 is 0 Å². The van der Waals surface area contributed by atoms with E-state index in [-0.39, 0.29) is 0 Å². The quantitative estimate of drug-likeness (QED) is 0.928. The van der Waals surface area contributed by atoms with Crippen molar-refractivity contribution < 1.29 is 13.2 Å². The van der Waals surface area contributed by atoms with Gasteiger partial charge in [-0.15, -0.1) is 0 Å². The van der Waals surface area contributed by atoms with E-state index in [4.69, 9.17) is 0 Å². The van der Waals surface area contributed by atoms with E-state index in [9.17, 15) is 13.2 Å². The van der Waals surface area contributed by atoms with Crippen LogP contribution >= 0.6 is 0 Å². The third-order valence-electron chi connectivity index (χ3n) is 4.75. The van der Waals surface area contributed by atoms with Crippen LogP contribution in [0.2, 0.25) is 0 Å². The topological polar surface area (TPSA) is 28.2 Å². The van der Waals surface area contributed by atoms with Gasteiger partial charge in [0, 0.05) is 25.2 Å². The molecule has 0 aromatic carbocycles. The minimum atomic E-state index is -4.38. The molecule has 2 aliphatic rings. The summed E-state index contributed by atoms with van der Waals surface area (Å²) in [6, 6.07) is 5.07. The Morgan fingerprint density at radius 1 is 1.23 bits per heavy atom. The third-order valence-corrected chi connectivity index (χ3v) is 4.75. The van der Waals surface area contributed by atoms with Gasteiger partial charge in [0.1, 0.15) is 11.5 Å². The van der Waals surface area contributed by atoms with Gasteiger partial charge in [-0.1, -0.05) is 19.9 Å². The van der Waals surface area contributed by atoms with Crippen LogP contribution in [-0.2, 0) is 6.18 Å². The van der Waals surface area contributed by atoms with E-state index in [1.807, 2.05) is 4.90 Å². The zero-order valence-electron chi connectivity index (χ0n) is 12.9. The van der Waals surface area contributed by atoms with Crippen molar-refractivity contribution in [2.75, 3.05) is 18.0 Å². The Bertz CT molecular complexity index is 530. The highest BCUT2D eigenvalue weighted by Gasteiger charge is 2.43. The van der Waals surface area contributed by atoms with Gasteiger partial charge >= 0.3 is 6.18 Å². The fourth-order valence-electron chi connectivity index (χ4n) is 3.84. The number of alkyl halides is 3. The Balaban J connectivity index is 1.73. The fourth-order valence-corrected chi connectivity index (χ4v) is 3.84. The number of halogens is 3. The maximum atomic E-state index is 12.8. The average Bonchev–Trinajstić information content (AvgIpc) is 3.00.